The summed E-state index contributed by atoms with van der Waals surface area (Å²) in [6.07, 6.45) is 9.96. The van der Waals surface area contributed by atoms with Crippen molar-refractivity contribution in [3.8, 4) is 6.01 Å². The van der Waals surface area contributed by atoms with Crippen LogP contribution in [0.4, 0.5) is 0 Å². The first-order valence-electron chi connectivity index (χ1n) is 18.9. The first kappa shape index (κ1) is 35.5. The zero-order chi connectivity index (χ0) is 35.5. The fraction of sp³-hybridized carbons (Fsp3) is 0.409. The Hall–Kier alpha value is -3.52. The van der Waals surface area contributed by atoms with Gasteiger partial charge in [-0.3, -0.25) is 0 Å². The summed E-state index contributed by atoms with van der Waals surface area (Å²) < 4.78 is 13.3. The summed E-state index contributed by atoms with van der Waals surface area (Å²) >= 11 is 12.6. The number of rotatable bonds is 11. The fourth-order valence-corrected chi connectivity index (χ4v) is 9.45. The van der Waals surface area contributed by atoms with Crippen LogP contribution in [0.15, 0.2) is 97.2 Å². The van der Waals surface area contributed by atoms with Gasteiger partial charge in [-0.25, -0.2) is 4.98 Å². The highest BCUT2D eigenvalue weighted by atomic mass is 35.5. The highest BCUT2D eigenvalue weighted by Crippen LogP contribution is 2.51. The van der Waals surface area contributed by atoms with Gasteiger partial charge in [0.25, 0.3) is 0 Å². The van der Waals surface area contributed by atoms with Crippen LogP contribution in [0.3, 0.4) is 0 Å². The van der Waals surface area contributed by atoms with Gasteiger partial charge in [-0.1, -0.05) is 110 Å². The summed E-state index contributed by atoms with van der Waals surface area (Å²) in [6, 6.07) is 31.4. The van der Waals surface area contributed by atoms with Gasteiger partial charge < -0.3 is 19.9 Å². The lowest BCUT2D eigenvalue weighted by molar-refractivity contribution is 0.00860. The second-order valence-electron chi connectivity index (χ2n) is 15.2. The Labute approximate surface area is 316 Å². The van der Waals surface area contributed by atoms with Gasteiger partial charge in [-0.2, -0.15) is 4.98 Å². The van der Waals surface area contributed by atoms with E-state index in [0.717, 1.165) is 86.0 Å². The van der Waals surface area contributed by atoms with E-state index in [4.69, 9.17) is 42.6 Å². The smallest absolute Gasteiger partial charge is 0.316 e. The normalized spacial score (nSPS) is 21.7. The molecule has 6 nitrogen and oxygen atoms in total. The van der Waals surface area contributed by atoms with Crippen LogP contribution in [0.5, 0.6) is 6.01 Å². The SMILES string of the molecule is OC(c1nc(OCC2(c3ccc(Cl)cc3)CCCC2)ncc1C1CCNCC1OCc1ccc2ccccc2c1)C1(c2ccc(Cl)cc2)CCCC1. The highest BCUT2D eigenvalue weighted by molar-refractivity contribution is 6.30. The van der Waals surface area contributed by atoms with Crippen molar-refractivity contribution in [3.05, 3.63) is 135 Å². The topological polar surface area (TPSA) is 76.5 Å². The van der Waals surface area contributed by atoms with Gasteiger partial charge in [-0.15, -0.1) is 0 Å². The van der Waals surface area contributed by atoms with Crippen molar-refractivity contribution >= 4 is 34.0 Å². The van der Waals surface area contributed by atoms with E-state index in [9.17, 15) is 5.11 Å². The van der Waals surface area contributed by atoms with E-state index in [0.29, 0.717) is 36.5 Å². The minimum atomic E-state index is -0.857. The maximum absolute atomic E-state index is 12.7. The number of aromatic nitrogens is 2. The quantitative estimate of drug-likeness (QED) is 0.141. The standard InChI is InChI=1S/C44H47Cl2N3O3/c45-35-15-11-33(12-16-35)43(20-3-4-21-43)29-52-42-48-26-38(40(49-42)41(50)44(22-5-6-23-44)34-13-17-36(46)18-14-34)37-19-24-47-27-39(37)51-28-30-9-10-31-7-1-2-8-32(31)25-30/h1-2,7-18,25-26,37,39,41,47,50H,3-6,19-24,27-29H2. The van der Waals surface area contributed by atoms with E-state index < -0.39 is 11.5 Å². The van der Waals surface area contributed by atoms with Crippen LogP contribution < -0.4 is 10.1 Å². The Balaban J connectivity index is 1.13. The Morgan fingerprint density at radius 3 is 2.21 bits per heavy atom. The Bertz CT molecular complexity index is 1970. The first-order chi connectivity index (χ1) is 25.4. The third-order valence-electron chi connectivity index (χ3n) is 12.1. The van der Waals surface area contributed by atoms with Crippen LogP contribution in [-0.4, -0.2) is 40.9 Å². The molecule has 5 aromatic rings. The van der Waals surface area contributed by atoms with Crippen LogP contribution in [0.2, 0.25) is 10.0 Å². The number of benzene rings is 4. The van der Waals surface area contributed by atoms with Gasteiger partial charge in [-0.05, 0) is 96.4 Å². The molecule has 0 bridgehead atoms. The molecular weight excluding hydrogens is 689 g/mol. The number of aliphatic hydroxyl groups excluding tert-OH is 1. The molecule has 270 valence electrons. The number of piperidine rings is 1. The molecule has 0 radical (unpaired) electrons. The van der Waals surface area contributed by atoms with Gasteiger partial charge >= 0.3 is 6.01 Å². The number of aliphatic hydroxyl groups is 1. The zero-order valence-corrected chi connectivity index (χ0v) is 31.1. The van der Waals surface area contributed by atoms with Gasteiger partial charge in [0.2, 0.25) is 0 Å². The lowest BCUT2D eigenvalue weighted by Crippen LogP contribution is -2.42. The summed E-state index contributed by atoms with van der Waals surface area (Å²) in [5, 5.41) is 20.1. The van der Waals surface area contributed by atoms with E-state index >= 15 is 0 Å². The van der Waals surface area contributed by atoms with E-state index in [2.05, 4.69) is 72.0 Å². The average molecular weight is 737 g/mol. The molecule has 0 spiro atoms. The van der Waals surface area contributed by atoms with Gasteiger partial charge in [0.15, 0.2) is 0 Å². The molecule has 3 atom stereocenters. The van der Waals surface area contributed by atoms with Gasteiger partial charge in [0.1, 0.15) is 12.7 Å². The monoisotopic (exact) mass is 735 g/mol. The van der Waals surface area contributed by atoms with Crippen LogP contribution in [0.25, 0.3) is 10.8 Å². The lowest BCUT2D eigenvalue weighted by Gasteiger charge is -2.38. The molecular formula is C44H47Cl2N3O3. The van der Waals surface area contributed by atoms with Crippen LogP contribution >= 0.6 is 23.2 Å². The maximum atomic E-state index is 12.7. The number of ether oxygens (including phenoxy) is 2. The molecule has 1 aliphatic heterocycles. The summed E-state index contributed by atoms with van der Waals surface area (Å²) in [7, 11) is 0. The Kier molecular flexibility index (Phi) is 10.5. The average Bonchev–Trinajstić information content (AvgIpc) is 3.89. The number of fused-ring (bicyclic) bond motifs is 1. The predicted molar refractivity (Wildman–Crippen MR) is 208 cm³/mol. The third kappa shape index (κ3) is 7.21. The number of nitrogens with one attached hydrogen (secondary N) is 1. The Morgan fingerprint density at radius 2 is 1.48 bits per heavy atom. The van der Waals surface area contributed by atoms with Crippen molar-refractivity contribution in [2.24, 2.45) is 0 Å². The summed E-state index contributed by atoms with van der Waals surface area (Å²) in [5.41, 5.74) is 4.44. The molecule has 1 saturated heterocycles. The summed E-state index contributed by atoms with van der Waals surface area (Å²) in [4.78, 5) is 10.0. The van der Waals surface area contributed by atoms with Crippen molar-refractivity contribution in [2.45, 2.75) is 93.4 Å². The molecule has 4 aromatic carbocycles. The van der Waals surface area contributed by atoms with Crippen LogP contribution in [-0.2, 0) is 22.2 Å². The van der Waals surface area contributed by atoms with Crippen LogP contribution in [0, 0.1) is 0 Å². The van der Waals surface area contributed by atoms with Crippen LogP contribution in [0.1, 0.15) is 97.8 Å². The minimum absolute atomic E-state index is 0.000631. The molecule has 2 aliphatic carbocycles. The summed E-state index contributed by atoms with van der Waals surface area (Å²) in [6.45, 7) is 2.52. The number of halogens is 2. The minimum Gasteiger partial charge on any atom is -0.463 e. The molecule has 3 aliphatic rings. The van der Waals surface area contributed by atoms with Crippen molar-refractivity contribution in [1.82, 2.24) is 15.3 Å². The maximum Gasteiger partial charge on any atom is 0.316 e. The molecule has 2 heterocycles. The van der Waals surface area contributed by atoms with Gasteiger partial charge in [0.05, 0.1) is 18.4 Å². The van der Waals surface area contributed by atoms with E-state index in [1.807, 2.05) is 30.5 Å². The van der Waals surface area contributed by atoms with Crippen molar-refractivity contribution in [3.63, 3.8) is 0 Å². The largest absolute Gasteiger partial charge is 0.463 e. The van der Waals surface area contributed by atoms with Crippen molar-refractivity contribution < 1.29 is 14.6 Å². The number of hydrogen-bond donors (Lipinski definition) is 2. The van der Waals surface area contributed by atoms with E-state index in [1.165, 1.54) is 16.3 Å². The molecule has 0 amide bonds. The molecule has 52 heavy (non-hydrogen) atoms. The van der Waals surface area contributed by atoms with E-state index in [-0.39, 0.29) is 17.4 Å². The molecule has 8 rings (SSSR count). The van der Waals surface area contributed by atoms with E-state index in [1.54, 1.807) is 0 Å². The van der Waals surface area contributed by atoms with Crippen molar-refractivity contribution in [1.29, 1.82) is 0 Å². The highest BCUT2D eigenvalue weighted by Gasteiger charge is 2.46. The lowest BCUT2D eigenvalue weighted by atomic mass is 9.71. The first-order valence-corrected chi connectivity index (χ1v) is 19.7. The molecule has 8 heteroatoms. The fourth-order valence-electron chi connectivity index (χ4n) is 9.20. The third-order valence-corrected chi connectivity index (χ3v) is 12.6. The van der Waals surface area contributed by atoms with Crippen molar-refractivity contribution in [2.75, 3.05) is 19.7 Å². The molecule has 2 saturated carbocycles. The second-order valence-corrected chi connectivity index (χ2v) is 16.1. The zero-order valence-electron chi connectivity index (χ0n) is 29.6. The van der Waals surface area contributed by atoms with Gasteiger partial charge in [0, 0.05) is 45.1 Å². The number of hydrogen-bond acceptors (Lipinski definition) is 6. The second kappa shape index (κ2) is 15.5. The number of nitrogens with zero attached hydrogens (tertiary/aromatic N) is 2. The predicted octanol–water partition coefficient (Wildman–Crippen LogP) is 10.0. The molecule has 3 fully saturated rings. The Morgan fingerprint density at radius 1 is 0.808 bits per heavy atom. The summed E-state index contributed by atoms with van der Waals surface area (Å²) in [5.74, 6) is -0.000631. The molecule has 2 N–H and O–H groups in total. The molecule has 1 aromatic heterocycles. The molecule has 3 unspecified atom stereocenters.